The van der Waals surface area contributed by atoms with Crippen molar-refractivity contribution < 1.29 is 0 Å². The van der Waals surface area contributed by atoms with E-state index in [-0.39, 0.29) is 5.69 Å². The molecule has 3 N–H and O–H groups in total. The average Bonchev–Trinajstić information content (AvgIpc) is 3.17. The van der Waals surface area contributed by atoms with Crippen molar-refractivity contribution in [3.8, 4) is 11.4 Å². The molecule has 0 amide bonds. The molecule has 11 heteroatoms. The molecule has 3 aromatic heterocycles. The Balaban J connectivity index is 1.68. The first-order chi connectivity index (χ1) is 12.1. The number of fused-ring (bicyclic) bond motifs is 1. The molecule has 126 valence electrons. The lowest BCUT2D eigenvalue weighted by Crippen LogP contribution is -2.07. The van der Waals surface area contributed by atoms with Crippen LogP contribution in [-0.4, -0.2) is 35.0 Å². The van der Waals surface area contributed by atoms with Gasteiger partial charge in [0.05, 0.1) is 6.54 Å². The molecule has 0 spiro atoms. The highest BCUT2D eigenvalue weighted by molar-refractivity contribution is 6.35. The van der Waals surface area contributed by atoms with Gasteiger partial charge in [-0.25, -0.2) is 9.89 Å². The van der Waals surface area contributed by atoms with Crippen molar-refractivity contribution >= 4 is 34.7 Å². The normalized spacial score (nSPS) is 11.1. The minimum Gasteiger partial charge on any atom is -0.361 e. The van der Waals surface area contributed by atoms with Crippen molar-refractivity contribution in [2.45, 2.75) is 6.54 Å². The topological polar surface area (TPSA) is 117 Å². The number of nitrogens with zero attached hydrogens (tertiary/aromatic N) is 5. The molecule has 0 unspecified atom stereocenters. The molecule has 3 heterocycles. The van der Waals surface area contributed by atoms with Gasteiger partial charge in [0, 0.05) is 15.6 Å². The lowest BCUT2D eigenvalue weighted by Gasteiger charge is -2.05. The molecule has 0 saturated carbocycles. The maximum atomic E-state index is 11.0. The number of anilines is 1. The SMILES string of the molecule is O=c1[nH]nc(CNc2ccc3nnc(-c4cc(Cl)cc(Cl)c4)n3n2)[nH]1. The van der Waals surface area contributed by atoms with Gasteiger partial charge in [-0.15, -0.1) is 15.3 Å². The molecule has 0 atom stereocenters. The number of H-pyrrole nitrogens is 2. The second kappa shape index (κ2) is 6.19. The van der Waals surface area contributed by atoms with Crippen molar-refractivity contribution in [2.24, 2.45) is 0 Å². The van der Waals surface area contributed by atoms with Crippen molar-refractivity contribution in [1.82, 2.24) is 35.0 Å². The summed E-state index contributed by atoms with van der Waals surface area (Å²) in [5.74, 6) is 1.54. The number of rotatable bonds is 4. The zero-order chi connectivity index (χ0) is 17.4. The summed E-state index contributed by atoms with van der Waals surface area (Å²) in [4.78, 5) is 13.6. The number of aromatic amines is 2. The van der Waals surface area contributed by atoms with Gasteiger partial charge in [0.15, 0.2) is 11.5 Å². The predicted molar refractivity (Wildman–Crippen MR) is 92.8 cm³/mol. The number of hydrogen-bond donors (Lipinski definition) is 3. The zero-order valence-corrected chi connectivity index (χ0v) is 14.0. The lowest BCUT2D eigenvalue weighted by atomic mass is 10.2. The molecule has 0 aliphatic heterocycles. The molecule has 0 saturated heterocycles. The molecular weight excluding hydrogens is 367 g/mol. The molecular formula is C14H10Cl2N8O. The number of aromatic nitrogens is 7. The maximum absolute atomic E-state index is 11.0. The van der Waals surface area contributed by atoms with E-state index in [1.165, 1.54) is 0 Å². The summed E-state index contributed by atoms with van der Waals surface area (Å²) >= 11 is 12.1. The molecule has 25 heavy (non-hydrogen) atoms. The predicted octanol–water partition coefficient (Wildman–Crippen LogP) is 2.12. The molecule has 1 aromatic carbocycles. The Hall–Kier alpha value is -2.91. The summed E-state index contributed by atoms with van der Waals surface area (Å²) in [6.45, 7) is 0.303. The van der Waals surface area contributed by atoms with Crippen LogP contribution in [0.25, 0.3) is 17.0 Å². The Morgan fingerprint density at radius 3 is 2.64 bits per heavy atom. The van der Waals surface area contributed by atoms with Crippen LogP contribution in [0.5, 0.6) is 0 Å². The standard InChI is InChI=1S/C14H10Cl2N8O/c15-8-3-7(4-9(16)5-8)13-21-20-12-2-1-10(23-24(12)13)17-6-11-18-14(25)22-19-11/h1-5H,6H2,(H,17,23)(H2,18,19,22,25). The fourth-order valence-electron chi connectivity index (χ4n) is 2.31. The third kappa shape index (κ3) is 3.19. The van der Waals surface area contributed by atoms with E-state index in [4.69, 9.17) is 23.2 Å². The van der Waals surface area contributed by atoms with Crippen LogP contribution in [0.2, 0.25) is 10.0 Å². The van der Waals surface area contributed by atoms with E-state index >= 15 is 0 Å². The molecule has 0 fully saturated rings. The molecule has 0 radical (unpaired) electrons. The third-order valence-electron chi connectivity index (χ3n) is 3.37. The molecule has 4 rings (SSSR count). The Kier molecular flexibility index (Phi) is 3.86. The maximum Gasteiger partial charge on any atom is 0.340 e. The van der Waals surface area contributed by atoms with E-state index in [0.717, 1.165) is 0 Å². The first kappa shape index (κ1) is 15.6. The molecule has 0 aliphatic rings. The van der Waals surface area contributed by atoms with Gasteiger partial charge < -0.3 is 5.32 Å². The monoisotopic (exact) mass is 376 g/mol. The van der Waals surface area contributed by atoms with Crippen LogP contribution in [0.4, 0.5) is 5.82 Å². The summed E-state index contributed by atoms with van der Waals surface area (Å²) < 4.78 is 1.58. The van der Waals surface area contributed by atoms with Crippen LogP contribution in [0.15, 0.2) is 35.1 Å². The van der Waals surface area contributed by atoms with Crippen molar-refractivity contribution in [3.05, 3.63) is 56.7 Å². The number of nitrogens with one attached hydrogen (secondary N) is 3. The van der Waals surface area contributed by atoms with Crippen LogP contribution in [-0.2, 0) is 6.54 Å². The largest absolute Gasteiger partial charge is 0.361 e. The summed E-state index contributed by atoms with van der Waals surface area (Å²) in [5.41, 5.74) is 0.912. The highest BCUT2D eigenvalue weighted by atomic mass is 35.5. The minimum absolute atomic E-state index is 0.303. The Morgan fingerprint density at radius 2 is 1.92 bits per heavy atom. The van der Waals surface area contributed by atoms with Gasteiger partial charge in [-0.05, 0) is 30.3 Å². The highest BCUT2D eigenvalue weighted by Crippen LogP contribution is 2.26. The van der Waals surface area contributed by atoms with Crippen LogP contribution >= 0.6 is 23.2 Å². The fraction of sp³-hybridized carbons (Fsp3) is 0.0714. The zero-order valence-electron chi connectivity index (χ0n) is 12.5. The van der Waals surface area contributed by atoms with Crippen LogP contribution in [0.3, 0.4) is 0 Å². The summed E-state index contributed by atoms with van der Waals surface area (Å²) in [6, 6.07) is 8.63. The highest BCUT2D eigenvalue weighted by Gasteiger charge is 2.12. The van der Waals surface area contributed by atoms with Gasteiger partial charge in [0.1, 0.15) is 11.6 Å². The first-order valence-electron chi connectivity index (χ1n) is 7.15. The smallest absolute Gasteiger partial charge is 0.340 e. The number of benzene rings is 1. The summed E-state index contributed by atoms with van der Waals surface area (Å²) in [7, 11) is 0. The van der Waals surface area contributed by atoms with Gasteiger partial charge >= 0.3 is 5.69 Å². The van der Waals surface area contributed by atoms with Crippen molar-refractivity contribution in [1.29, 1.82) is 0 Å². The van der Waals surface area contributed by atoms with Crippen molar-refractivity contribution in [3.63, 3.8) is 0 Å². The Morgan fingerprint density at radius 1 is 1.12 bits per heavy atom. The van der Waals surface area contributed by atoms with E-state index in [2.05, 4.69) is 35.8 Å². The van der Waals surface area contributed by atoms with Crippen LogP contribution < -0.4 is 11.0 Å². The van der Waals surface area contributed by atoms with E-state index in [1.807, 2.05) is 0 Å². The quantitative estimate of drug-likeness (QED) is 0.502. The van der Waals surface area contributed by atoms with Gasteiger partial charge in [-0.3, -0.25) is 4.98 Å². The summed E-state index contributed by atoms with van der Waals surface area (Å²) in [5, 5.41) is 22.9. The van der Waals surface area contributed by atoms with Gasteiger partial charge in [0.25, 0.3) is 0 Å². The Labute approximate surface area is 150 Å². The van der Waals surface area contributed by atoms with Gasteiger partial charge in [-0.2, -0.15) is 9.61 Å². The number of hydrogen-bond acceptors (Lipinski definition) is 6. The first-order valence-corrected chi connectivity index (χ1v) is 7.90. The molecule has 0 aliphatic carbocycles. The minimum atomic E-state index is -0.362. The van der Waals surface area contributed by atoms with Gasteiger partial charge in [0.2, 0.25) is 0 Å². The van der Waals surface area contributed by atoms with Gasteiger partial charge in [-0.1, -0.05) is 23.2 Å². The molecule has 0 bridgehead atoms. The van der Waals surface area contributed by atoms with Crippen LogP contribution in [0.1, 0.15) is 5.82 Å². The second-order valence-electron chi connectivity index (χ2n) is 5.15. The van der Waals surface area contributed by atoms with E-state index in [0.29, 0.717) is 45.3 Å². The molecule has 9 nitrogen and oxygen atoms in total. The van der Waals surface area contributed by atoms with E-state index < -0.39 is 0 Å². The van der Waals surface area contributed by atoms with E-state index in [9.17, 15) is 4.79 Å². The van der Waals surface area contributed by atoms with Crippen molar-refractivity contribution in [2.75, 3.05) is 5.32 Å². The summed E-state index contributed by atoms with van der Waals surface area (Å²) in [6.07, 6.45) is 0. The average molecular weight is 377 g/mol. The number of halogens is 2. The third-order valence-corrected chi connectivity index (χ3v) is 3.81. The fourth-order valence-corrected chi connectivity index (χ4v) is 2.84. The second-order valence-corrected chi connectivity index (χ2v) is 6.02. The van der Waals surface area contributed by atoms with E-state index in [1.54, 1.807) is 34.8 Å². The Bertz CT molecular complexity index is 1100. The molecule has 4 aromatic rings. The van der Waals surface area contributed by atoms with Crippen LogP contribution in [0, 0.1) is 0 Å². The lowest BCUT2D eigenvalue weighted by molar-refractivity contribution is 0.901.